The molecule has 2 rings (SSSR count). The fourth-order valence-electron chi connectivity index (χ4n) is 1.99. The molecule has 1 atom stereocenters. The summed E-state index contributed by atoms with van der Waals surface area (Å²) in [4.78, 5) is 20.8. The Morgan fingerprint density at radius 1 is 1.48 bits per heavy atom. The highest BCUT2D eigenvalue weighted by atomic mass is 32.2. The molecule has 114 valence electrons. The number of nitrogens with one attached hydrogen (secondary N) is 2. The summed E-state index contributed by atoms with van der Waals surface area (Å²) < 4.78 is 26.5. The van der Waals surface area contributed by atoms with E-state index >= 15 is 0 Å². The van der Waals surface area contributed by atoms with Crippen molar-refractivity contribution in [2.24, 2.45) is 0 Å². The fraction of sp³-hybridized carbons (Fsp3) is 0.364. The number of carbonyl (C=O) groups excluding carboxylic acids is 1. The second-order valence-corrected chi connectivity index (χ2v) is 6.40. The van der Waals surface area contributed by atoms with E-state index in [9.17, 15) is 23.3 Å². The predicted molar refractivity (Wildman–Crippen MR) is 73.9 cm³/mol. The largest absolute Gasteiger partial charge is 0.393 e. The van der Waals surface area contributed by atoms with Crippen LogP contribution in [-0.2, 0) is 14.8 Å². The molecule has 1 aromatic rings. The summed E-state index contributed by atoms with van der Waals surface area (Å²) in [5, 5.41) is 13.3. The molecule has 1 fully saturated rings. The van der Waals surface area contributed by atoms with Gasteiger partial charge in [-0.2, -0.15) is 0 Å². The van der Waals surface area contributed by atoms with Crippen LogP contribution < -0.4 is 15.8 Å². The highest BCUT2D eigenvalue weighted by Gasteiger charge is 2.24. The van der Waals surface area contributed by atoms with Crippen molar-refractivity contribution in [3.63, 3.8) is 0 Å². The molecule has 1 aliphatic heterocycles. The van der Waals surface area contributed by atoms with E-state index in [4.69, 9.17) is 5.73 Å². The molecule has 1 amide bonds. The standard InChI is InChI=1S/C11H14N4O5S/c12-9-5-8(2-3-10(9)15(17)18)21(19,20)13-6-7-1-4-11(16)14-7/h2-3,5,7,13H,1,4,6,12H2,(H,14,16). The summed E-state index contributed by atoms with van der Waals surface area (Å²) in [5.41, 5.74) is 4.89. The number of nitrogen functional groups attached to an aromatic ring is 1. The molecule has 0 saturated carbocycles. The first-order chi connectivity index (χ1) is 9.79. The Hall–Kier alpha value is -2.20. The lowest BCUT2D eigenvalue weighted by atomic mass is 10.2. The molecule has 0 aromatic heterocycles. The zero-order chi connectivity index (χ0) is 15.6. The van der Waals surface area contributed by atoms with Gasteiger partial charge in [0.2, 0.25) is 15.9 Å². The van der Waals surface area contributed by atoms with E-state index in [2.05, 4.69) is 10.0 Å². The number of benzene rings is 1. The topological polar surface area (TPSA) is 144 Å². The van der Waals surface area contributed by atoms with Gasteiger partial charge in [0.25, 0.3) is 5.69 Å². The number of carbonyl (C=O) groups is 1. The SMILES string of the molecule is Nc1cc(S(=O)(=O)NCC2CCC(=O)N2)ccc1[N+](=O)[O-]. The number of hydrogen-bond acceptors (Lipinski definition) is 6. The molecule has 4 N–H and O–H groups in total. The van der Waals surface area contributed by atoms with Crippen LogP contribution in [0.2, 0.25) is 0 Å². The van der Waals surface area contributed by atoms with E-state index in [0.29, 0.717) is 12.8 Å². The average Bonchev–Trinajstić information content (AvgIpc) is 2.82. The van der Waals surface area contributed by atoms with Crippen LogP contribution in [0.5, 0.6) is 0 Å². The maximum absolute atomic E-state index is 12.1. The van der Waals surface area contributed by atoms with Crippen LogP contribution in [-0.4, -0.2) is 31.8 Å². The third kappa shape index (κ3) is 3.47. The summed E-state index contributed by atoms with van der Waals surface area (Å²) in [6.45, 7) is 0.0605. The number of anilines is 1. The van der Waals surface area contributed by atoms with Crippen LogP contribution in [0.4, 0.5) is 11.4 Å². The molecule has 0 bridgehead atoms. The van der Waals surface area contributed by atoms with E-state index in [1.807, 2.05) is 0 Å². The van der Waals surface area contributed by atoms with Crippen molar-refractivity contribution < 1.29 is 18.1 Å². The molecular weight excluding hydrogens is 300 g/mol. The summed E-state index contributed by atoms with van der Waals surface area (Å²) in [5.74, 6) is -0.112. The lowest BCUT2D eigenvalue weighted by Crippen LogP contribution is -2.38. The molecule has 0 radical (unpaired) electrons. The number of nitro benzene ring substituents is 1. The first-order valence-corrected chi connectivity index (χ1v) is 7.61. The van der Waals surface area contributed by atoms with E-state index in [1.165, 1.54) is 0 Å². The Morgan fingerprint density at radius 2 is 2.19 bits per heavy atom. The second kappa shape index (κ2) is 5.66. The summed E-state index contributed by atoms with van der Waals surface area (Å²) in [7, 11) is -3.83. The fourth-order valence-corrected chi connectivity index (χ4v) is 3.11. The number of nitrogens with two attached hydrogens (primary N) is 1. The minimum absolute atomic E-state index is 0.0605. The third-order valence-corrected chi connectivity index (χ3v) is 4.53. The van der Waals surface area contributed by atoms with Crippen LogP contribution in [0.1, 0.15) is 12.8 Å². The van der Waals surface area contributed by atoms with Crippen LogP contribution >= 0.6 is 0 Å². The number of nitro groups is 1. The van der Waals surface area contributed by atoms with E-state index in [0.717, 1.165) is 18.2 Å². The van der Waals surface area contributed by atoms with Gasteiger partial charge in [-0.15, -0.1) is 0 Å². The van der Waals surface area contributed by atoms with E-state index < -0.39 is 14.9 Å². The molecule has 1 saturated heterocycles. The van der Waals surface area contributed by atoms with Gasteiger partial charge in [0.15, 0.2) is 0 Å². The van der Waals surface area contributed by atoms with Crippen molar-refractivity contribution in [3.8, 4) is 0 Å². The number of hydrogen-bond donors (Lipinski definition) is 3. The van der Waals surface area contributed by atoms with Gasteiger partial charge < -0.3 is 11.1 Å². The van der Waals surface area contributed by atoms with Crippen molar-refractivity contribution in [2.45, 2.75) is 23.8 Å². The van der Waals surface area contributed by atoms with Crippen molar-refractivity contribution in [1.82, 2.24) is 10.0 Å². The zero-order valence-corrected chi connectivity index (χ0v) is 11.7. The zero-order valence-electron chi connectivity index (χ0n) is 10.9. The van der Waals surface area contributed by atoms with Crippen molar-refractivity contribution in [2.75, 3.05) is 12.3 Å². The van der Waals surface area contributed by atoms with Crippen LogP contribution in [0.15, 0.2) is 23.1 Å². The monoisotopic (exact) mass is 314 g/mol. The number of rotatable bonds is 5. The Bertz CT molecular complexity index is 688. The average molecular weight is 314 g/mol. The Balaban J connectivity index is 2.10. The van der Waals surface area contributed by atoms with Gasteiger partial charge in [0, 0.05) is 25.1 Å². The molecule has 1 aromatic carbocycles. The van der Waals surface area contributed by atoms with Gasteiger partial charge in [-0.3, -0.25) is 14.9 Å². The van der Waals surface area contributed by atoms with E-state index in [1.54, 1.807) is 0 Å². The molecule has 1 heterocycles. The van der Waals surface area contributed by atoms with Gasteiger partial charge in [-0.05, 0) is 18.6 Å². The van der Waals surface area contributed by atoms with Crippen LogP contribution in [0.25, 0.3) is 0 Å². The first-order valence-electron chi connectivity index (χ1n) is 6.12. The summed E-state index contributed by atoms with van der Waals surface area (Å²) in [6, 6.07) is 2.95. The quantitative estimate of drug-likeness (QED) is 0.388. The molecule has 0 aliphatic carbocycles. The number of amides is 1. The van der Waals surface area contributed by atoms with Gasteiger partial charge in [0.1, 0.15) is 5.69 Å². The highest BCUT2D eigenvalue weighted by Crippen LogP contribution is 2.24. The summed E-state index contributed by atoms with van der Waals surface area (Å²) >= 11 is 0. The van der Waals surface area contributed by atoms with Crippen molar-refractivity contribution in [3.05, 3.63) is 28.3 Å². The minimum Gasteiger partial charge on any atom is -0.393 e. The molecule has 1 unspecified atom stereocenters. The van der Waals surface area contributed by atoms with Crippen LogP contribution in [0.3, 0.4) is 0 Å². The molecule has 9 nitrogen and oxygen atoms in total. The lowest BCUT2D eigenvalue weighted by molar-refractivity contribution is -0.383. The Kier molecular flexibility index (Phi) is 4.09. The third-order valence-electron chi connectivity index (χ3n) is 3.11. The summed E-state index contributed by atoms with van der Waals surface area (Å²) in [6.07, 6.45) is 0.931. The minimum atomic E-state index is -3.83. The second-order valence-electron chi connectivity index (χ2n) is 4.63. The van der Waals surface area contributed by atoms with Crippen LogP contribution in [0, 0.1) is 10.1 Å². The number of nitrogens with zero attached hydrogens (tertiary/aromatic N) is 1. The maximum atomic E-state index is 12.1. The molecule has 21 heavy (non-hydrogen) atoms. The molecule has 1 aliphatic rings. The van der Waals surface area contributed by atoms with Gasteiger partial charge in [0.05, 0.1) is 9.82 Å². The maximum Gasteiger partial charge on any atom is 0.292 e. The first kappa shape index (κ1) is 15.2. The number of sulfonamides is 1. The van der Waals surface area contributed by atoms with Gasteiger partial charge in [-0.25, -0.2) is 13.1 Å². The Morgan fingerprint density at radius 3 is 2.71 bits per heavy atom. The van der Waals surface area contributed by atoms with Crippen molar-refractivity contribution >= 4 is 27.3 Å². The normalized spacial score (nSPS) is 18.5. The van der Waals surface area contributed by atoms with Gasteiger partial charge in [-0.1, -0.05) is 0 Å². The smallest absolute Gasteiger partial charge is 0.292 e. The Labute approximate surface area is 120 Å². The predicted octanol–water partition coefficient (Wildman–Crippen LogP) is -0.266. The highest BCUT2D eigenvalue weighted by molar-refractivity contribution is 7.89. The molecule has 10 heteroatoms. The van der Waals surface area contributed by atoms with Gasteiger partial charge >= 0.3 is 0 Å². The van der Waals surface area contributed by atoms with E-state index in [-0.39, 0.29) is 34.8 Å². The lowest BCUT2D eigenvalue weighted by Gasteiger charge is -2.12. The molecular formula is C11H14N4O5S. The molecule has 0 spiro atoms. The van der Waals surface area contributed by atoms with Crippen molar-refractivity contribution in [1.29, 1.82) is 0 Å².